The van der Waals surface area contributed by atoms with E-state index in [0.29, 0.717) is 39.0 Å². The van der Waals surface area contributed by atoms with E-state index in [0.717, 1.165) is 39.3 Å². The first kappa shape index (κ1) is 24.3. The Kier molecular flexibility index (Phi) is 5.60. The van der Waals surface area contributed by atoms with E-state index >= 15 is 0 Å². The standard InChI is InChI=1S/C30H25N7O2S/c1-14(2)30(39)32-19-12-17-10-16(17)11-18(13-19)20-4-5-22-26(33-20)28(37-36-22)29-34-21-8-9-31-27(25(21)35-29)24-7-6-23(40-24)15(3)38/h4-9,11-14,16H,10H2,1-3H3,(H,32,39)(H,34,35)(H,36,37). The fourth-order valence-electron chi connectivity index (χ4n) is 4.83. The number of allylic oxidation sites excluding steroid dienone is 5. The highest BCUT2D eigenvalue weighted by Gasteiger charge is 2.30. The largest absolute Gasteiger partial charge is 0.336 e. The number of carbonyl (C=O) groups is 2. The minimum Gasteiger partial charge on any atom is -0.336 e. The fourth-order valence-corrected chi connectivity index (χ4v) is 5.72. The van der Waals surface area contributed by atoms with Crippen LogP contribution in [0.5, 0.6) is 0 Å². The van der Waals surface area contributed by atoms with Gasteiger partial charge in [-0.1, -0.05) is 25.5 Å². The molecule has 3 N–H and O–H groups in total. The molecule has 10 heteroatoms. The van der Waals surface area contributed by atoms with Crippen molar-refractivity contribution in [3.63, 3.8) is 0 Å². The van der Waals surface area contributed by atoms with Gasteiger partial charge in [-0.25, -0.2) is 9.97 Å². The lowest BCUT2D eigenvalue weighted by atomic mass is 10.1. The Balaban J connectivity index is 1.28. The first-order valence-corrected chi connectivity index (χ1v) is 13.9. The van der Waals surface area contributed by atoms with Crippen LogP contribution in [0, 0.1) is 11.8 Å². The smallest absolute Gasteiger partial charge is 0.226 e. The van der Waals surface area contributed by atoms with Gasteiger partial charge in [0, 0.05) is 23.7 Å². The van der Waals surface area contributed by atoms with Gasteiger partial charge in [-0.15, -0.1) is 11.3 Å². The van der Waals surface area contributed by atoms with E-state index in [1.165, 1.54) is 16.9 Å². The number of hydrogen-bond acceptors (Lipinski definition) is 7. The third-order valence-corrected chi connectivity index (χ3v) is 8.30. The number of fused-ring (bicyclic) bond motifs is 3. The summed E-state index contributed by atoms with van der Waals surface area (Å²) in [7, 11) is 0. The number of nitrogens with zero attached hydrogens (tertiary/aromatic N) is 4. The molecule has 9 nitrogen and oxygen atoms in total. The second-order valence-electron chi connectivity index (χ2n) is 10.4. The van der Waals surface area contributed by atoms with Crippen LogP contribution >= 0.6 is 11.3 Å². The number of ketones is 1. The molecule has 1 atom stereocenters. The van der Waals surface area contributed by atoms with Crippen molar-refractivity contribution < 1.29 is 9.59 Å². The fraction of sp³-hybridized carbons (Fsp3) is 0.200. The Bertz CT molecular complexity index is 1950. The van der Waals surface area contributed by atoms with E-state index in [2.05, 4.69) is 37.6 Å². The van der Waals surface area contributed by atoms with Gasteiger partial charge in [0.25, 0.3) is 0 Å². The van der Waals surface area contributed by atoms with Crippen LogP contribution in [0.2, 0.25) is 0 Å². The van der Waals surface area contributed by atoms with Crippen molar-refractivity contribution >= 4 is 50.7 Å². The molecule has 1 amide bonds. The molecule has 0 aromatic carbocycles. The average molecular weight is 548 g/mol. The molecule has 5 aromatic heterocycles. The maximum Gasteiger partial charge on any atom is 0.226 e. The minimum atomic E-state index is -0.108. The SMILES string of the molecule is CC(=O)c1ccc(-c2nccc3[nH]c(-c4n[nH]c5ccc(C6=CC7CC7=CC(NC(=O)C(C)C)=C6)nc45)nc23)s1. The zero-order valence-corrected chi connectivity index (χ0v) is 22.9. The summed E-state index contributed by atoms with van der Waals surface area (Å²) in [6.45, 7) is 5.32. The van der Waals surface area contributed by atoms with Gasteiger partial charge in [-0.05, 0) is 61.4 Å². The molecule has 40 heavy (non-hydrogen) atoms. The normalized spacial score (nSPS) is 16.4. The monoisotopic (exact) mass is 547 g/mol. The van der Waals surface area contributed by atoms with Crippen LogP contribution in [-0.4, -0.2) is 41.8 Å². The van der Waals surface area contributed by atoms with E-state index in [4.69, 9.17) is 9.97 Å². The van der Waals surface area contributed by atoms with Crippen molar-refractivity contribution in [1.29, 1.82) is 0 Å². The lowest BCUT2D eigenvalue weighted by Gasteiger charge is -2.09. The van der Waals surface area contributed by atoms with E-state index in [1.807, 2.05) is 50.3 Å². The van der Waals surface area contributed by atoms with Crippen LogP contribution < -0.4 is 5.32 Å². The van der Waals surface area contributed by atoms with Gasteiger partial charge in [0.2, 0.25) is 5.91 Å². The first-order valence-electron chi connectivity index (χ1n) is 13.1. The summed E-state index contributed by atoms with van der Waals surface area (Å²) in [6.07, 6.45) is 8.99. The van der Waals surface area contributed by atoms with Crippen LogP contribution in [0.4, 0.5) is 0 Å². The number of nitrogens with one attached hydrogen (secondary N) is 3. The van der Waals surface area contributed by atoms with Gasteiger partial charge in [-0.2, -0.15) is 5.10 Å². The van der Waals surface area contributed by atoms with Gasteiger partial charge in [0.15, 0.2) is 17.3 Å². The summed E-state index contributed by atoms with van der Waals surface area (Å²) >= 11 is 1.40. The molecule has 2 aliphatic carbocycles. The number of imidazole rings is 1. The summed E-state index contributed by atoms with van der Waals surface area (Å²) in [5.74, 6) is 0.843. The van der Waals surface area contributed by atoms with Crippen LogP contribution in [0.25, 0.3) is 49.7 Å². The molecule has 0 saturated heterocycles. The second-order valence-corrected chi connectivity index (χ2v) is 11.5. The summed E-state index contributed by atoms with van der Waals surface area (Å²) in [6, 6.07) is 9.52. The first-order chi connectivity index (χ1) is 19.3. The van der Waals surface area contributed by atoms with Crippen LogP contribution in [-0.2, 0) is 4.79 Å². The molecule has 5 aromatic rings. The zero-order valence-electron chi connectivity index (χ0n) is 22.1. The number of aromatic amines is 2. The molecule has 1 saturated carbocycles. The molecular formula is C30H25N7O2S. The molecule has 0 aliphatic heterocycles. The van der Waals surface area contributed by atoms with Crippen LogP contribution in [0.3, 0.4) is 0 Å². The lowest BCUT2D eigenvalue weighted by Crippen LogP contribution is -2.26. The van der Waals surface area contributed by atoms with Gasteiger partial charge in [0.1, 0.15) is 16.7 Å². The molecule has 0 radical (unpaired) electrons. The summed E-state index contributed by atoms with van der Waals surface area (Å²) in [4.78, 5) is 43.6. The number of carbonyl (C=O) groups excluding carboxylic acids is 2. The lowest BCUT2D eigenvalue weighted by molar-refractivity contribution is -0.123. The third kappa shape index (κ3) is 4.26. The summed E-state index contributed by atoms with van der Waals surface area (Å²) < 4.78 is 0. The molecule has 1 fully saturated rings. The van der Waals surface area contributed by atoms with E-state index < -0.39 is 0 Å². The molecule has 2 aliphatic rings. The van der Waals surface area contributed by atoms with Crippen molar-refractivity contribution in [2.45, 2.75) is 27.2 Å². The number of thiophene rings is 1. The molecule has 0 spiro atoms. The quantitative estimate of drug-likeness (QED) is 0.230. The number of H-pyrrole nitrogens is 2. The Morgan fingerprint density at radius 3 is 2.67 bits per heavy atom. The zero-order chi connectivity index (χ0) is 27.5. The van der Waals surface area contributed by atoms with E-state index in [9.17, 15) is 9.59 Å². The maximum absolute atomic E-state index is 12.4. The number of pyridine rings is 2. The predicted molar refractivity (Wildman–Crippen MR) is 155 cm³/mol. The van der Waals surface area contributed by atoms with Crippen LogP contribution in [0.1, 0.15) is 42.6 Å². The number of aromatic nitrogens is 6. The second kappa shape index (κ2) is 9.20. The maximum atomic E-state index is 12.4. The highest BCUT2D eigenvalue weighted by molar-refractivity contribution is 7.17. The van der Waals surface area contributed by atoms with E-state index in [-0.39, 0.29) is 17.6 Å². The van der Waals surface area contributed by atoms with Gasteiger partial charge in [0.05, 0.1) is 26.5 Å². The van der Waals surface area contributed by atoms with Crippen molar-refractivity contribution in [3.05, 3.63) is 76.6 Å². The highest BCUT2D eigenvalue weighted by Crippen LogP contribution is 2.43. The average Bonchev–Trinajstić information content (AvgIpc) is 3.29. The van der Waals surface area contributed by atoms with Crippen molar-refractivity contribution in [3.8, 4) is 22.1 Å². The number of hydrogen-bond donors (Lipinski definition) is 3. The molecular weight excluding hydrogens is 522 g/mol. The summed E-state index contributed by atoms with van der Waals surface area (Å²) in [5, 5.41) is 10.7. The number of Topliss-reactive ketones (excluding diaryl/α,β-unsaturated/α-hetero) is 1. The molecule has 1 unspecified atom stereocenters. The third-order valence-electron chi connectivity index (χ3n) is 7.11. The van der Waals surface area contributed by atoms with E-state index in [1.54, 1.807) is 13.1 Å². The Morgan fingerprint density at radius 2 is 1.88 bits per heavy atom. The number of rotatable bonds is 6. The van der Waals surface area contributed by atoms with Crippen molar-refractivity contribution in [2.24, 2.45) is 11.8 Å². The predicted octanol–water partition coefficient (Wildman–Crippen LogP) is 5.83. The highest BCUT2D eigenvalue weighted by atomic mass is 32.1. The Hall–Kier alpha value is -4.70. The molecule has 5 heterocycles. The Labute approximate surface area is 233 Å². The van der Waals surface area contributed by atoms with Crippen LogP contribution in [0.15, 0.2) is 66.0 Å². The van der Waals surface area contributed by atoms with Crippen molar-refractivity contribution in [1.82, 2.24) is 35.5 Å². The topological polar surface area (TPSA) is 129 Å². The van der Waals surface area contributed by atoms with Gasteiger partial charge >= 0.3 is 0 Å². The Morgan fingerprint density at radius 1 is 1.02 bits per heavy atom. The minimum absolute atomic E-state index is 0.0131. The van der Waals surface area contributed by atoms with Crippen molar-refractivity contribution in [2.75, 3.05) is 0 Å². The van der Waals surface area contributed by atoms with Gasteiger partial charge < -0.3 is 10.3 Å². The summed E-state index contributed by atoms with van der Waals surface area (Å²) in [5.41, 5.74) is 8.16. The molecule has 7 rings (SSSR count). The number of amides is 1. The molecule has 198 valence electrons. The van der Waals surface area contributed by atoms with Gasteiger partial charge in [-0.3, -0.25) is 19.7 Å². The molecule has 0 bridgehead atoms.